The van der Waals surface area contributed by atoms with E-state index in [2.05, 4.69) is 58.9 Å². The van der Waals surface area contributed by atoms with Crippen molar-refractivity contribution in [3.63, 3.8) is 0 Å². The van der Waals surface area contributed by atoms with Crippen molar-refractivity contribution in [3.8, 4) is 0 Å². The van der Waals surface area contributed by atoms with Crippen LogP contribution in [0.2, 0.25) is 0 Å². The average Bonchev–Trinajstić information content (AvgIpc) is 2.96. The molecule has 1 unspecified atom stereocenters. The van der Waals surface area contributed by atoms with Gasteiger partial charge in [0.05, 0.1) is 0 Å². The first-order valence-corrected chi connectivity index (χ1v) is 14.7. The van der Waals surface area contributed by atoms with Crippen LogP contribution in [0.1, 0.15) is 105 Å². The van der Waals surface area contributed by atoms with E-state index >= 15 is 0 Å². The van der Waals surface area contributed by atoms with Crippen LogP contribution in [0, 0.1) is 5.41 Å². The second-order valence-corrected chi connectivity index (χ2v) is 10.5. The predicted octanol–water partition coefficient (Wildman–Crippen LogP) is 12.4. The molecule has 2 N–H and O–H groups in total. The summed E-state index contributed by atoms with van der Waals surface area (Å²) in [6.07, 6.45) is 8.76. The number of nitrogens with two attached hydrogens (primary N) is 1. The van der Waals surface area contributed by atoms with Gasteiger partial charge in [-0.3, -0.25) is 0 Å². The predicted molar refractivity (Wildman–Crippen MR) is 178 cm³/mol. The number of allylic oxidation sites excluding steroid dienone is 7. The molecule has 0 aromatic heterocycles. The van der Waals surface area contributed by atoms with Crippen LogP contribution < -0.4 is 5.73 Å². The van der Waals surface area contributed by atoms with E-state index in [9.17, 15) is 17.6 Å². The summed E-state index contributed by atoms with van der Waals surface area (Å²) in [5.41, 5.74) is 9.86. The molecule has 0 heterocycles. The summed E-state index contributed by atoms with van der Waals surface area (Å²) >= 11 is 0. The van der Waals surface area contributed by atoms with Crippen molar-refractivity contribution in [2.24, 2.45) is 11.1 Å². The van der Waals surface area contributed by atoms with Gasteiger partial charge in [-0.25, -0.2) is 17.6 Å². The van der Waals surface area contributed by atoms with E-state index in [4.69, 9.17) is 5.73 Å². The number of hydrogen-bond acceptors (Lipinski definition) is 1. The van der Waals surface area contributed by atoms with Gasteiger partial charge in [0.25, 0.3) is 5.92 Å². The minimum atomic E-state index is -2.85. The fraction of sp³-hybridized carbons (Fsp3) is 0.459. The van der Waals surface area contributed by atoms with Gasteiger partial charge >= 0.3 is 0 Å². The molecule has 1 aliphatic rings. The van der Waals surface area contributed by atoms with E-state index in [0.29, 0.717) is 24.0 Å². The fourth-order valence-corrected chi connectivity index (χ4v) is 4.81. The lowest BCUT2D eigenvalue weighted by atomic mass is 9.62. The van der Waals surface area contributed by atoms with Crippen molar-refractivity contribution in [2.75, 3.05) is 0 Å². The van der Waals surface area contributed by atoms with E-state index in [1.165, 1.54) is 18.6 Å². The summed E-state index contributed by atoms with van der Waals surface area (Å²) in [5, 5.41) is 0. The number of benzene rings is 1. The van der Waals surface area contributed by atoms with Crippen molar-refractivity contribution in [2.45, 2.75) is 105 Å². The van der Waals surface area contributed by atoms with Gasteiger partial charge in [-0.15, -0.1) is 6.58 Å². The van der Waals surface area contributed by atoms with Crippen molar-refractivity contribution >= 4 is 5.57 Å². The maximum absolute atomic E-state index is 13.5. The summed E-state index contributed by atoms with van der Waals surface area (Å²) in [5.74, 6) is -5.05. The summed E-state index contributed by atoms with van der Waals surface area (Å²) in [4.78, 5) is 0. The van der Waals surface area contributed by atoms with Gasteiger partial charge in [0.1, 0.15) is 0 Å². The first kappa shape index (κ1) is 41.1. The summed E-state index contributed by atoms with van der Waals surface area (Å²) < 4.78 is 53.2. The van der Waals surface area contributed by atoms with Crippen molar-refractivity contribution < 1.29 is 17.6 Å². The lowest BCUT2D eigenvalue weighted by Gasteiger charge is -2.44. The van der Waals surface area contributed by atoms with E-state index in [1.807, 2.05) is 32.9 Å². The summed E-state index contributed by atoms with van der Waals surface area (Å²) in [6, 6.07) is 8.29. The maximum atomic E-state index is 13.5. The molecule has 236 valence electrons. The Morgan fingerprint density at radius 2 is 1.55 bits per heavy atom. The van der Waals surface area contributed by atoms with Crippen LogP contribution >= 0.6 is 0 Å². The zero-order chi connectivity index (χ0) is 33.3. The molecule has 1 aromatic rings. The number of alkyl halides is 4. The highest BCUT2D eigenvalue weighted by molar-refractivity contribution is 5.71. The first-order chi connectivity index (χ1) is 19.5. The molecule has 0 bridgehead atoms. The van der Waals surface area contributed by atoms with Gasteiger partial charge in [0, 0.05) is 25.5 Å². The van der Waals surface area contributed by atoms with Gasteiger partial charge in [-0.1, -0.05) is 103 Å². The molecule has 0 aliphatic heterocycles. The van der Waals surface area contributed by atoms with Crippen LogP contribution in [0.25, 0.3) is 5.57 Å². The highest BCUT2D eigenvalue weighted by atomic mass is 19.3. The van der Waals surface area contributed by atoms with Crippen LogP contribution in [-0.2, 0) is 0 Å². The molecule has 1 aromatic carbocycles. The zero-order valence-corrected chi connectivity index (χ0v) is 27.4. The van der Waals surface area contributed by atoms with Gasteiger partial charge in [-0.05, 0) is 84.8 Å². The lowest BCUT2D eigenvalue weighted by molar-refractivity contribution is -0.0730. The molecule has 0 saturated heterocycles. The van der Waals surface area contributed by atoms with Crippen LogP contribution in [-0.4, -0.2) is 11.8 Å². The van der Waals surface area contributed by atoms with Crippen molar-refractivity contribution in [3.05, 3.63) is 115 Å². The molecule has 2 rings (SSSR count). The Hall–Kier alpha value is -3.08. The molecular formula is C37H55F4N. The molecule has 1 nitrogen and oxygen atoms in total. The van der Waals surface area contributed by atoms with Crippen LogP contribution in [0.15, 0.2) is 104 Å². The number of halogens is 4. The van der Waals surface area contributed by atoms with Gasteiger partial charge in [0.2, 0.25) is 5.92 Å². The third-order valence-electron chi connectivity index (χ3n) is 7.86. The van der Waals surface area contributed by atoms with Crippen molar-refractivity contribution in [1.82, 2.24) is 0 Å². The molecule has 0 radical (unpaired) electrons. The summed E-state index contributed by atoms with van der Waals surface area (Å²) in [6.45, 7) is 32.2. The van der Waals surface area contributed by atoms with E-state index in [1.54, 1.807) is 25.2 Å². The first-order valence-electron chi connectivity index (χ1n) is 14.7. The highest BCUT2D eigenvalue weighted by Gasteiger charge is 2.45. The van der Waals surface area contributed by atoms with Crippen LogP contribution in [0.3, 0.4) is 0 Å². The third kappa shape index (κ3) is 12.8. The van der Waals surface area contributed by atoms with Crippen LogP contribution in [0.4, 0.5) is 17.6 Å². The Morgan fingerprint density at radius 1 is 1.05 bits per heavy atom. The monoisotopic (exact) mass is 589 g/mol. The lowest BCUT2D eigenvalue weighted by Crippen LogP contribution is -2.36. The van der Waals surface area contributed by atoms with E-state index < -0.39 is 11.8 Å². The molecule has 1 atom stereocenters. The van der Waals surface area contributed by atoms with Gasteiger partial charge in [-0.2, -0.15) is 0 Å². The second-order valence-electron chi connectivity index (χ2n) is 10.5. The summed E-state index contributed by atoms with van der Waals surface area (Å²) in [7, 11) is 0. The molecule has 1 aliphatic carbocycles. The van der Waals surface area contributed by atoms with Crippen molar-refractivity contribution in [1.29, 1.82) is 0 Å². The molecule has 1 saturated carbocycles. The Balaban J connectivity index is 0. The normalized spacial score (nSPS) is 16.7. The fourth-order valence-electron chi connectivity index (χ4n) is 4.81. The molecule has 1 fully saturated rings. The van der Waals surface area contributed by atoms with E-state index in [-0.39, 0.29) is 35.4 Å². The Labute approximate surface area is 254 Å². The minimum Gasteiger partial charge on any atom is -0.399 e. The highest BCUT2D eigenvalue weighted by Crippen LogP contribution is 2.53. The number of hydrogen-bond donors (Lipinski definition) is 1. The standard InChI is InChI=1S/C20H26F2.C12H17F2N.C3H6.C2H6/c1-5-15(3)17-8-7-9-18(14-17)16(4)19(6-2)10-12-20(21,22)13-11-19;1-6-7-11(10(4)15)8(2)9(3)12(5,13)14;1-3-2;1-2/h5,7-9,14,16H,1,3,6,10-13H2,2,4H3;6-7H,1,4,15H2,2-3,5H3;3H,1H2,2H3;1-2H3/b;9-8+,11-7+;;. The number of rotatable bonds is 9. The quantitative estimate of drug-likeness (QED) is 0.173. The molecule has 42 heavy (non-hydrogen) atoms. The third-order valence-corrected chi connectivity index (χ3v) is 7.86. The molecular weight excluding hydrogens is 534 g/mol. The topological polar surface area (TPSA) is 26.0 Å². The Morgan fingerprint density at radius 3 is 1.93 bits per heavy atom. The van der Waals surface area contributed by atoms with Gasteiger partial charge in [0.15, 0.2) is 0 Å². The minimum absolute atomic E-state index is 0.0119. The second kappa shape index (κ2) is 19.2. The Kier molecular flexibility index (Phi) is 18.7. The molecule has 0 amide bonds. The maximum Gasteiger partial charge on any atom is 0.266 e. The molecule has 0 spiro atoms. The van der Waals surface area contributed by atoms with E-state index in [0.717, 1.165) is 24.5 Å². The Bertz CT molecular complexity index is 1090. The van der Waals surface area contributed by atoms with Crippen LogP contribution in [0.5, 0.6) is 0 Å². The average molecular weight is 590 g/mol. The zero-order valence-electron chi connectivity index (χ0n) is 27.4. The smallest absolute Gasteiger partial charge is 0.266 e. The SMILES string of the molecule is C=C/C=C(C(=C)N)\C(C)=C(/C)C(C)(F)F.C=CC.C=CC(=C)c1cccc(C(C)C2(CC)CCC(F)(F)CC2)c1.CC. The largest absolute Gasteiger partial charge is 0.399 e. The van der Waals surface area contributed by atoms with Gasteiger partial charge < -0.3 is 5.73 Å². The molecule has 5 heteroatoms.